The molecule has 6 nitrogen and oxygen atoms in total. The molecule has 166 valence electrons. The number of carbonyl (C=O) groups excluding carboxylic acids is 1. The molecule has 0 spiro atoms. The van der Waals surface area contributed by atoms with Gasteiger partial charge in [0, 0.05) is 22.2 Å². The Balaban J connectivity index is 1.58. The van der Waals surface area contributed by atoms with Crippen molar-refractivity contribution in [3.8, 4) is 23.3 Å². The van der Waals surface area contributed by atoms with Gasteiger partial charge in [0.25, 0.3) is 0 Å². The summed E-state index contributed by atoms with van der Waals surface area (Å²) in [5.41, 5.74) is 6.44. The molecule has 3 aromatic carbocycles. The summed E-state index contributed by atoms with van der Waals surface area (Å²) in [4.78, 5) is 12.2. The van der Waals surface area contributed by atoms with E-state index in [4.69, 9.17) is 31.5 Å². The van der Waals surface area contributed by atoms with E-state index in [0.717, 1.165) is 0 Å². The summed E-state index contributed by atoms with van der Waals surface area (Å²) in [6.45, 7) is -0.419. The van der Waals surface area contributed by atoms with Crippen LogP contribution in [0.5, 0.6) is 17.2 Å². The zero-order chi connectivity index (χ0) is 23.5. The van der Waals surface area contributed by atoms with Crippen LogP contribution >= 0.6 is 11.6 Å². The lowest BCUT2D eigenvalue weighted by molar-refractivity contribution is -0.136. The van der Waals surface area contributed by atoms with Crippen molar-refractivity contribution in [2.75, 3.05) is 6.61 Å². The van der Waals surface area contributed by atoms with Crippen LogP contribution in [-0.2, 0) is 4.79 Å². The van der Waals surface area contributed by atoms with Gasteiger partial charge in [-0.2, -0.15) is 5.26 Å². The van der Waals surface area contributed by atoms with Gasteiger partial charge in [-0.3, -0.25) is 0 Å². The first-order chi connectivity index (χ1) is 15.9. The Bertz CT molecular complexity index is 1280. The number of nitrogens with two attached hydrogens (primary N) is 1. The second kappa shape index (κ2) is 9.18. The molecule has 0 bridgehead atoms. The molecular formula is C24H15ClF2N2O4. The molecule has 0 saturated heterocycles. The fraction of sp³-hybridized carbons (Fsp3) is 0.0833. The van der Waals surface area contributed by atoms with Gasteiger partial charge in [0.2, 0.25) is 5.88 Å². The molecule has 1 aliphatic rings. The summed E-state index contributed by atoms with van der Waals surface area (Å²) in [5, 5.41) is 9.73. The highest BCUT2D eigenvalue weighted by molar-refractivity contribution is 6.31. The average Bonchev–Trinajstić information content (AvgIpc) is 2.78. The topological polar surface area (TPSA) is 94.6 Å². The van der Waals surface area contributed by atoms with Crippen molar-refractivity contribution in [1.29, 1.82) is 5.26 Å². The predicted octanol–water partition coefficient (Wildman–Crippen LogP) is 4.82. The monoisotopic (exact) mass is 468 g/mol. The number of fused-ring (bicyclic) bond motifs is 1. The summed E-state index contributed by atoms with van der Waals surface area (Å²) in [5.74, 6) is -2.26. The standard InChI is InChI=1S/C24H15ClF2N2O4/c25-18-2-1-3-19(27)23(18)22-16-9-8-15(10-20(16)33-24(29)17(22)11-28)32-21(30)12-31-14-6-4-13(26)5-7-14/h1-10,22H,12,29H2. The molecule has 9 heteroatoms. The second-order valence-electron chi connectivity index (χ2n) is 6.98. The smallest absolute Gasteiger partial charge is 0.349 e. The van der Waals surface area contributed by atoms with Crippen molar-refractivity contribution in [3.63, 3.8) is 0 Å². The average molecular weight is 469 g/mol. The van der Waals surface area contributed by atoms with Crippen LogP contribution in [0, 0.1) is 23.0 Å². The maximum atomic E-state index is 14.7. The number of hydrogen-bond donors (Lipinski definition) is 1. The number of rotatable bonds is 5. The summed E-state index contributed by atoms with van der Waals surface area (Å²) in [6.07, 6.45) is 0. The lowest BCUT2D eigenvalue weighted by Crippen LogP contribution is -2.22. The number of allylic oxidation sites excluding steroid dienone is 1. The highest BCUT2D eigenvalue weighted by Crippen LogP contribution is 2.46. The van der Waals surface area contributed by atoms with E-state index in [1.165, 1.54) is 60.7 Å². The third-order valence-corrected chi connectivity index (χ3v) is 5.21. The van der Waals surface area contributed by atoms with Crippen molar-refractivity contribution in [2.45, 2.75) is 5.92 Å². The van der Waals surface area contributed by atoms with Crippen molar-refractivity contribution in [1.82, 2.24) is 0 Å². The van der Waals surface area contributed by atoms with Gasteiger partial charge in [0.15, 0.2) is 6.61 Å². The molecule has 1 unspecified atom stereocenters. The second-order valence-corrected chi connectivity index (χ2v) is 7.38. The first kappa shape index (κ1) is 22.1. The normalized spacial score (nSPS) is 14.7. The summed E-state index contributed by atoms with van der Waals surface area (Å²) < 4.78 is 43.7. The van der Waals surface area contributed by atoms with Crippen LogP contribution in [0.25, 0.3) is 0 Å². The van der Waals surface area contributed by atoms with Gasteiger partial charge in [-0.15, -0.1) is 0 Å². The number of hydrogen-bond acceptors (Lipinski definition) is 6. The molecule has 0 aliphatic carbocycles. The van der Waals surface area contributed by atoms with Gasteiger partial charge >= 0.3 is 5.97 Å². The Kier molecular flexibility index (Phi) is 6.16. The number of esters is 1. The Morgan fingerprint density at radius 2 is 1.85 bits per heavy atom. The maximum absolute atomic E-state index is 14.7. The minimum Gasteiger partial charge on any atom is -0.482 e. The largest absolute Gasteiger partial charge is 0.482 e. The molecular weight excluding hydrogens is 454 g/mol. The fourth-order valence-corrected chi connectivity index (χ4v) is 3.69. The molecule has 1 aliphatic heterocycles. The van der Waals surface area contributed by atoms with E-state index in [1.807, 2.05) is 6.07 Å². The molecule has 1 heterocycles. The van der Waals surface area contributed by atoms with E-state index in [-0.39, 0.29) is 33.5 Å². The number of nitriles is 1. The van der Waals surface area contributed by atoms with Crippen LogP contribution in [0.4, 0.5) is 8.78 Å². The molecule has 0 aromatic heterocycles. The molecule has 0 radical (unpaired) electrons. The highest BCUT2D eigenvalue weighted by atomic mass is 35.5. The quantitative estimate of drug-likeness (QED) is 0.426. The van der Waals surface area contributed by atoms with Crippen LogP contribution in [0.3, 0.4) is 0 Å². The van der Waals surface area contributed by atoms with Crippen LogP contribution in [-0.4, -0.2) is 12.6 Å². The van der Waals surface area contributed by atoms with Crippen molar-refractivity contribution < 1.29 is 27.8 Å². The molecule has 3 aromatic rings. The number of halogens is 3. The lowest BCUT2D eigenvalue weighted by Gasteiger charge is -2.27. The van der Waals surface area contributed by atoms with Crippen LogP contribution in [0.1, 0.15) is 17.0 Å². The van der Waals surface area contributed by atoms with Crippen molar-refractivity contribution in [2.24, 2.45) is 5.73 Å². The van der Waals surface area contributed by atoms with Gasteiger partial charge < -0.3 is 19.9 Å². The zero-order valence-corrected chi connectivity index (χ0v) is 17.6. The van der Waals surface area contributed by atoms with Crippen LogP contribution in [0.15, 0.2) is 72.1 Å². The van der Waals surface area contributed by atoms with Gasteiger partial charge in [0.1, 0.15) is 40.5 Å². The van der Waals surface area contributed by atoms with Crippen molar-refractivity contribution in [3.05, 3.63) is 99.9 Å². The predicted molar refractivity (Wildman–Crippen MR) is 115 cm³/mol. The fourth-order valence-electron chi connectivity index (χ4n) is 3.42. The SMILES string of the molecule is N#CC1=C(N)Oc2cc(OC(=O)COc3ccc(F)cc3)ccc2C1c1c(F)cccc1Cl. The minimum absolute atomic E-state index is 0.00643. The van der Waals surface area contributed by atoms with E-state index in [9.17, 15) is 18.8 Å². The third-order valence-electron chi connectivity index (χ3n) is 4.88. The number of carbonyl (C=O) groups is 1. The van der Waals surface area contributed by atoms with Gasteiger partial charge in [-0.25, -0.2) is 13.6 Å². The number of ether oxygens (including phenoxy) is 3. The Morgan fingerprint density at radius 3 is 2.55 bits per heavy atom. The molecule has 2 N–H and O–H groups in total. The Hall–Kier alpha value is -4.09. The maximum Gasteiger partial charge on any atom is 0.349 e. The van der Waals surface area contributed by atoms with Crippen LogP contribution in [0.2, 0.25) is 5.02 Å². The number of benzene rings is 3. The van der Waals surface area contributed by atoms with E-state index in [0.29, 0.717) is 11.3 Å². The zero-order valence-electron chi connectivity index (χ0n) is 16.8. The summed E-state index contributed by atoms with van der Waals surface area (Å²) >= 11 is 6.24. The molecule has 0 fully saturated rings. The molecule has 33 heavy (non-hydrogen) atoms. The summed E-state index contributed by atoms with van der Waals surface area (Å²) in [7, 11) is 0. The first-order valence-corrected chi connectivity index (χ1v) is 9.99. The van der Waals surface area contributed by atoms with Gasteiger partial charge in [-0.05, 0) is 42.5 Å². The molecule has 0 saturated carbocycles. The summed E-state index contributed by atoms with van der Waals surface area (Å²) in [6, 6.07) is 15.7. The van der Waals surface area contributed by atoms with E-state index in [1.54, 1.807) is 0 Å². The number of nitrogens with zero attached hydrogens (tertiary/aromatic N) is 1. The lowest BCUT2D eigenvalue weighted by atomic mass is 9.83. The van der Waals surface area contributed by atoms with Gasteiger partial charge in [0.05, 0.1) is 5.92 Å². The van der Waals surface area contributed by atoms with E-state index >= 15 is 0 Å². The molecule has 4 rings (SSSR count). The Labute approximate surface area is 192 Å². The molecule has 0 amide bonds. The van der Waals surface area contributed by atoms with Crippen molar-refractivity contribution >= 4 is 17.6 Å². The van der Waals surface area contributed by atoms with E-state index in [2.05, 4.69) is 0 Å². The van der Waals surface area contributed by atoms with Gasteiger partial charge in [-0.1, -0.05) is 23.7 Å². The Morgan fingerprint density at radius 1 is 1.12 bits per heavy atom. The third kappa shape index (κ3) is 4.59. The highest BCUT2D eigenvalue weighted by Gasteiger charge is 2.34. The van der Waals surface area contributed by atoms with Crippen LogP contribution < -0.4 is 19.9 Å². The van der Waals surface area contributed by atoms with E-state index < -0.39 is 30.1 Å². The first-order valence-electron chi connectivity index (χ1n) is 9.62. The minimum atomic E-state index is -0.904. The molecule has 1 atom stereocenters.